The van der Waals surface area contributed by atoms with Gasteiger partial charge in [0.2, 0.25) is 0 Å². The first-order valence-electron chi connectivity index (χ1n) is 6.25. The number of nitrogens with zero attached hydrogens (tertiary/aromatic N) is 5. The molecule has 1 aromatic carbocycles. The fourth-order valence-electron chi connectivity index (χ4n) is 2.29. The first-order valence-corrected chi connectivity index (χ1v) is 6.25. The van der Waals surface area contributed by atoms with Crippen molar-refractivity contribution in [3.05, 3.63) is 39.7 Å². The van der Waals surface area contributed by atoms with Crippen LogP contribution in [0.1, 0.15) is 23.7 Å². The number of aliphatic carboxylic acids is 1. The third-order valence-corrected chi connectivity index (χ3v) is 3.56. The molecule has 108 valence electrons. The Morgan fingerprint density at radius 3 is 2.90 bits per heavy atom. The van der Waals surface area contributed by atoms with Gasteiger partial charge in [-0.1, -0.05) is 6.07 Å². The number of nitro groups is 1. The van der Waals surface area contributed by atoms with Crippen molar-refractivity contribution in [3.8, 4) is 5.69 Å². The van der Waals surface area contributed by atoms with Gasteiger partial charge in [0, 0.05) is 18.1 Å². The zero-order valence-electron chi connectivity index (χ0n) is 11.0. The van der Waals surface area contributed by atoms with Crippen LogP contribution in [-0.4, -0.2) is 36.2 Å². The highest BCUT2D eigenvalue weighted by Crippen LogP contribution is 2.47. The van der Waals surface area contributed by atoms with Gasteiger partial charge >= 0.3 is 5.97 Å². The molecule has 3 rings (SSSR count). The van der Waals surface area contributed by atoms with Crippen LogP contribution in [0.15, 0.2) is 18.2 Å². The van der Waals surface area contributed by atoms with E-state index in [2.05, 4.69) is 15.5 Å². The SMILES string of the molecule is Cc1ccc([N+](=O)[O-])cc1-n1nnnc1C1CC1C(=O)O. The molecule has 0 amide bonds. The van der Waals surface area contributed by atoms with Crippen molar-refractivity contribution in [1.29, 1.82) is 0 Å². The number of hydrogen-bond acceptors (Lipinski definition) is 6. The van der Waals surface area contributed by atoms with Gasteiger partial charge in [0.05, 0.1) is 16.5 Å². The Hall–Kier alpha value is -2.84. The number of carboxylic acids is 1. The van der Waals surface area contributed by atoms with Crippen LogP contribution < -0.4 is 0 Å². The average molecular weight is 289 g/mol. The normalized spacial score (nSPS) is 20.2. The number of carboxylic acid groups (broad SMARTS) is 1. The van der Waals surface area contributed by atoms with Crippen LogP contribution in [0.3, 0.4) is 0 Å². The maximum Gasteiger partial charge on any atom is 0.307 e. The molecule has 1 fully saturated rings. The Balaban J connectivity index is 2.03. The third kappa shape index (κ3) is 2.22. The molecule has 2 atom stereocenters. The smallest absolute Gasteiger partial charge is 0.307 e. The summed E-state index contributed by atoms with van der Waals surface area (Å²) in [5.74, 6) is -1.21. The Labute approximate surface area is 118 Å². The number of aryl methyl sites for hydroxylation is 1. The molecule has 0 spiro atoms. The van der Waals surface area contributed by atoms with E-state index in [0.29, 0.717) is 17.9 Å². The number of nitro benzene ring substituents is 1. The van der Waals surface area contributed by atoms with Gasteiger partial charge in [-0.2, -0.15) is 4.68 Å². The topological polar surface area (TPSA) is 124 Å². The van der Waals surface area contributed by atoms with E-state index < -0.39 is 16.8 Å². The molecular weight excluding hydrogens is 278 g/mol. The van der Waals surface area contributed by atoms with Crippen LogP contribution in [0.4, 0.5) is 5.69 Å². The molecule has 1 aliphatic carbocycles. The quantitative estimate of drug-likeness (QED) is 0.659. The summed E-state index contributed by atoms with van der Waals surface area (Å²) in [5, 5.41) is 31.1. The lowest BCUT2D eigenvalue weighted by Gasteiger charge is -2.07. The first kappa shape index (κ1) is 13.2. The van der Waals surface area contributed by atoms with Gasteiger partial charge < -0.3 is 5.11 Å². The van der Waals surface area contributed by atoms with Crippen LogP contribution in [0.25, 0.3) is 5.69 Å². The van der Waals surface area contributed by atoms with Crippen LogP contribution in [0, 0.1) is 23.0 Å². The highest BCUT2D eigenvalue weighted by atomic mass is 16.6. The number of tetrazole rings is 1. The Kier molecular flexibility index (Phi) is 2.89. The van der Waals surface area contributed by atoms with Gasteiger partial charge in [0.1, 0.15) is 0 Å². The Morgan fingerprint density at radius 1 is 1.52 bits per heavy atom. The maximum atomic E-state index is 11.0. The molecule has 1 N–H and O–H groups in total. The molecule has 9 heteroatoms. The predicted octanol–water partition coefficient (Wildman–Crippen LogP) is 1.07. The van der Waals surface area contributed by atoms with Crippen molar-refractivity contribution < 1.29 is 14.8 Å². The van der Waals surface area contributed by atoms with Crippen molar-refractivity contribution in [2.24, 2.45) is 5.92 Å². The minimum Gasteiger partial charge on any atom is -0.481 e. The van der Waals surface area contributed by atoms with E-state index in [-0.39, 0.29) is 11.6 Å². The highest BCUT2D eigenvalue weighted by Gasteiger charge is 2.47. The lowest BCUT2D eigenvalue weighted by molar-refractivity contribution is -0.384. The molecule has 1 aromatic heterocycles. The fourth-order valence-corrected chi connectivity index (χ4v) is 2.29. The monoisotopic (exact) mass is 289 g/mol. The summed E-state index contributed by atoms with van der Waals surface area (Å²) in [5.41, 5.74) is 1.18. The van der Waals surface area contributed by atoms with E-state index in [4.69, 9.17) is 5.11 Å². The highest BCUT2D eigenvalue weighted by molar-refractivity contribution is 5.74. The van der Waals surface area contributed by atoms with Crippen molar-refractivity contribution in [2.45, 2.75) is 19.3 Å². The van der Waals surface area contributed by atoms with Crippen molar-refractivity contribution >= 4 is 11.7 Å². The molecule has 2 unspecified atom stereocenters. The third-order valence-electron chi connectivity index (χ3n) is 3.56. The summed E-state index contributed by atoms with van der Waals surface area (Å²) in [6, 6.07) is 4.40. The predicted molar refractivity (Wildman–Crippen MR) is 69.0 cm³/mol. The largest absolute Gasteiger partial charge is 0.481 e. The lowest BCUT2D eigenvalue weighted by atomic mass is 10.1. The molecule has 2 aromatic rings. The van der Waals surface area contributed by atoms with E-state index in [1.165, 1.54) is 16.8 Å². The van der Waals surface area contributed by atoms with Gasteiger partial charge in [-0.15, -0.1) is 5.10 Å². The summed E-state index contributed by atoms with van der Waals surface area (Å²) in [6.07, 6.45) is 0.476. The first-order chi connectivity index (χ1) is 9.99. The number of rotatable bonds is 4. The number of hydrogen-bond donors (Lipinski definition) is 1. The molecule has 21 heavy (non-hydrogen) atoms. The number of aromatic nitrogens is 4. The molecule has 9 nitrogen and oxygen atoms in total. The molecule has 1 aliphatic rings. The second kappa shape index (κ2) is 4.62. The van der Waals surface area contributed by atoms with E-state index in [1.54, 1.807) is 13.0 Å². The lowest BCUT2D eigenvalue weighted by Crippen LogP contribution is -2.07. The zero-order chi connectivity index (χ0) is 15.1. The number of benzene rings is 1. The second-order valence-corrected chi connectivity index (χ2v) is 4.96. The summed E-state index contributed by atoms with van der Waals surface area (Å²) in [6.45, 7) is 1.78. The van der Waals surface area contributed by atoms with Crippen molar-refractivity contribution in [3.63, 3.8) is 0 Å². The standard InChI is InChI=1S/C12H11N5O4/c1-6-2-3-7(17(20)21)4-10(6)16-11(13-14-15-16)8-5-9(8)12(18)19/h2-4,8-9H,5H2,1H3,(H,18,19). The summed E-state index contributed by atoms with van der Waals surface area (Å²) in [4.78, 5) is 21.3. The van der Waals surface area contributed by atoms with Crippen LogP contribution in [-0.2, 0) is 4.79 Å². The average Bonchev–Trinajstić information content (AvgIpc) is 3.10. The van der Waals surface area contributed by atoms with Crippen molar-refractivity contribution in [2.75, 3.05) is 0 Å². The maximum absolute atomic E-state index is 11.0. The number of carbonyl (C=O) groups is 1. The van der Waals surface area contributed by atoms with Crippen LogP contribution >= 0.6 is 0 Å². The van der Waals surface area contributed by atoms with Gasteiger partial charge in [-0.05, 0) is 29.3 Å². The number of non-ortho nitro benzene ring substituents is 1. The van der Waals surface area contributed by atoms with Gasteiger partial charge in [0.25, 0.3) is 5.69 Å². The van der Waals surface area contributed by atoms with E-state index in [0.717, 1.165) is 5.56 Å². The van der Waals surface area contributed by atoms with E-state index >= 15 is 0 Å². The van der Waals surface area contributed by atoms with E-state index in [9.17, 15) is 14.9 Å². The summed E-state index contributed by atoms with van der Waals surface area (Å²) in [7, 11) is 0. The van der Waals surface area contributed by atoms with Gasteiger partial charge in [-0.25, -0.2) is 0 Å². The molecular formula is C12H11N5O4. The molecule has 0 bridgehead atoms. The zero-order valence-corrected chi connectivity index (χ0v) is 11.0. The summed E-state index contributed by atoms with van der Waals surface area (Å²) >= 11 is 0. The molecule has 0 aliphatic heterocycles. The minimum absolute atomic E-state index is 0.0670. The van der Waals surface area contributed by atoms with Crippen LogP contribution in [0.5, 0.6) is 0 Å². The molecule has 0 saturated heterocycles. The van der Waals surface area contributed by atoms with Gasteiger partial charge in [-0.3, -0.25) is 14.9 Å². The van der Waals surface area contributed by atoms with Gasteiger partial charge in [0.15, 0.2) is 5.82 Å². The summed E-state index contributed by atoms with van der Waals surface area (Å²) < 4.78 is 1.38. The Morgan fingerprint density at radius 2 is 2.29 bits per heavy atom. The molecule has 1 heterocycles. The van der Waals surface area contributed by atoms with Crippen LogP contribution in [0.2, 0.25) is 0 Å². The second-order valence-electron chi connectivity index (χ2n) is 4.96. The van der Waals surface area contributed by atoms with E-state index in [1.807, 2.05) is 0 Å². The molecule has 0 radical (unpaired) electrons. The minimum atomic E-state index is -0.884. The fraction of sp³-hybridized carbons (Fsp3) is 0.333. The Bertz CT molecular complexity index is 741. The van der Waals surface area contributed by atoms with Crippen molar-refractivity contribution in [1.82, 2.24) is 20.2 Å². The molecule has 1 saturated carbocycles.